The van der Waals surface area contributed by atoms with Gasteiger partial charge in [-0.3, -0.25) is 4.79 Å². The first kappa shape index (κ1) is 24.3. The summed E-state index contributed by atoms with van der Waals surface area (Å²) in [4.78, 5) is 14.8. The number of ether oxygens (including phenoxy) is 1. The van der Waals surface area contributed by atoms with Crippen molar-refractivity contribution in [2.75, 3.05) is 32.1 Å². The van der Waals surface area contributed by atoms with Gasteiger partial charge in [-0.15, -0.1) is 0 Å². The van der Waals surface area contributed by atoms with Crippen LogP contribution >= 0.6 is 0 Å². The van der Waals surface area contributed by atoms with Gasteiger partial charge in [0.15, 0.2) is 0 Å². The van der Waals surface area contributed by atoms with Crippen molar-refractivity contribution in [2.24, 2.45) is 0 Å². The molecule has 6 nitrogen and oxygen atoms in total. The van der Waals surface area contributed by atoms with E-state index in [0.717, 1.165) is 31.4 Å². The quantitative estimate of drug-likeness (QED) is 0.643. The molecule has 0 spiro atoms. The van der Waals surface area contributed by atoms with Crippen LogP contribution in [0.1, 0.15) is 62.4 Å². The van der Waals surface area contributed by atoms with Crippen molar-refractivity contribution in [3.8, 4) is 5.75 Å². The van der Waals surface area contributed by atoms with Crippen molar-refractivity contribution >= 4 is 21.6 Å². The average Bonchev–Trinajstić information content (AvgIpc) is 3.07. The number of methoxy groups -OCH3 is 1. The molecule has 3 rings (SSSR count). The summed E-state index contributed by atoms with van der Waals surface area (Å²) in [7, 11) is -0.617. The van der Waals surface area contributed by atoms with Crippen LogP contribution in [0.4, 0.5) is 5.69 Å². The molecule has 174 valence electrons. The summed E-state index contributed by atoms with van der Waals surface area (Å²) in [5, 5.41) is 0. The van der Waals surface area contributed by atoms with E-state index in [1.54, 1.807) is 19.2 Å². The maximum atomic E-state index is 13.4. The van der Waals surface area contributed by atoms with Crippen molar-refractivity contribution in [3.05, 3.63) is 53.6 Å². The second-order valence-electron chi connectivity index (χ2n) is 9.34. The maximum Gasteiger partial charge on any atom is 0.258 e. The van der Waals surface area contributed by atoms with Gasteiger partial charge in [0.05, 0.1) is 7.11 Å². The summed E-state index contributed by atoms with van der Waals surface area (Å²) in [6.45, 7) is 7.40. The van der Waals surface area contributed by atoms with E-state index in [2.05, 4.69) is 20.8 Å². The Kier molecular flexibility index (Phi) is 7.30. The molecule has 1 amide bonds. The normalized spacial score (nSPS) is 15.8. The Morgan fingerprint density at radius 2 is 1.56 bits per heavy atom. The third-order valence-electron chi connectivity index (χ3n) is 6.02. The molecule has 0 saturated carbocycles. The smallest absolute Gasteiger partial charge is 0.258 e. The summed E-state index contributed by atoms with van der Waals surface area (Å²) in [5.41, 5.74) is 2.25. The second kappa shape index (κ2) is 9.63. The molecule has 7 heteroatoms. The Balaban J connectivity index is 1.92. The van der Waals surface area contributed by atoms with Gasteiger partial charge >= 0.3 is 0 Å². The van der Waals surface area contributed by atoms with Gasteiger partial charge in [-0.2, -0.15) is 4.31 Å². The van der Waals surface area contributed by atoms with Crippen LogP contribution in [-0.4, -0.2) is 45.9 Å². The predicted molar refractivity (Wildman–Crippen MR) is 128 cm³/mol. The standard InChI is InChI=1S/C25H34N2O4S/c1-25(2,3)20-11-13-21(14-12-20)26(4)24(28)19-10-15-22(31-5)23(18-19)32(29,30)27-16-8-6-7-9-17-27/h10-15,18H,6-9,16-17H2,1-5H3. The molecular weight excluding hydrogens is 424 g/mol. The van der Waals surface area contributed by atoms with E-state index in [1.165, 1.54) is 27.9 Å². The molecule has 0 radical (unpaired) electrons. The number of benzene rings is 2. The highest BCUT2D eigenvalue weighted by molar-refractivity contribution is 7.89. The van der Waals surface area contributed by atoms with Gasteiger partial charge < -0.3 is 9.64 Å². The zero-order valence-electron chi connectivity index (χ0n) is 19.7. The summed E-state index contributed by atoms with van der Waals surface area (Å²) in [6, 6.07) is 12.5. The maximum absolute atomic E-state index is 13.4. The Labute approximate surface area is 192 Å². The van der Waals surface area contributed by atoms with E-state index in [9.17, 15) is 13.2 Å². The SMILES string of the molecule is COc1ccc(C(=O)N(C)c2ccc(C(C)(C)C)cc2)cc1S(=O)(=O)N1CCCCCC1. The van der Waals surface area contributed by atoms with Crippen LogP contribution in [0.2, 0.25) is 0 Å². The number of hydrogen-bond acceptors (Lipinski definition) is 4. The molecule has 1 saturated heterocycles. The van der Waals surface area contributed by atoms with Gasteiger partial charge in [0.1, 0.15) is 10.6 Å². The minimum atomic E-state index is -3.76. The van der Waals surface area contributed by atoms with Gasteiger partial charge in [0.25, 0.3) is 5.91 Å². The third-order valence-corrected chi connectivity index (χ3v) is 7.94. The van der Waals surface area contributed by atoms with Gasteiger partial charge in [-0.25, -0.2) is 8.42 Å². The molecule has 0 bridgehead atoms. The fourth-order valence-corrected chi connectivity index (χ4v) is 5.63. The topological polar surface area (TPSA) is 66.9 Å². The van der Waals surface area contributed by atoms with Crippen LogP contribution < -0.4 is 9.64 Å². The van der Waals surface area contributed by atoms with Crippen LogP contribution in [0.5, 0.6) is 5.75 Å². The molecule has 0 unspecified atom stereocenters. The Morgan fingerprint density at radius 3 is 2.09 bits per heavy atom. The first-order valence-corrected chi connectivity index (χ1v) is 12.6. The number of anilines is 1. The summed E-state index contributed by atoms with van der Waals surface area (Å²) < 4.78 is 33.6. The largest absolute Gasteiger partial charge is 0.495 e. The molecule has 0 atom stereocenters. The highest BCUT2D eigenvalue weighted by Gasteiger charge is 2.29. The highest BCUT2D eigenvalue weighted by Crippen LogP contribution is 2.31. The molecule has 0 aromatic heterocycles. The van der Waals surface area contributed by atoms with E-state index in [1.807, 2.05) is 24.3 Å². The van der Waals surface area contributed by atoms with Gasteiger partial charge in [0, 0.05) is 31.4 Å². The molecule has 1 aliphatic rings. The van der Waals surface area contributed by atoms with E-state index < -0.39 is 10.0 Å². The van der Waals surface area contributed by atoms with Crippen molar-refractivity contribution in [1.82, 2.24) is 4.31 Å². The molecule has 32 heavy (non-hydrogen) atoms. The van der Waals surface area contributed by atoms with Gasteiger partial charge in [0.2, 0.25) is 10.0 Å². The number of amides is 1. The Hall–Kier alpha value is -2.38. The predicted octanol–water partition coefficient (Wildman–Crippen LogP) is 4.83. The van der Waals surface area contributed by atoms with E-state index in [-0.39, 0.29) is 22.0 Å². The number of carbonyl (C=O) groups excluding carboxylic acids is 1. The van der Waals surface area contributed by atoms with E-state index in [4.69, 9.17) is 4.74 Å². The van der Waals surface area contributed by atoms with Crippen molar-refractivity contribution in [3.63, 3.8) is 0 Å². The second-order valence-corrected chi connectivity index (χ2v) is 11.3. The molecule has 0 N–H and O–H groups in total. The summed E-state index contributed by atoms with van der Waals surface area (Å²) in [5.74, 6) is -0.0218. The molecule has 2 aromatic carbocycles. The van der Waals surface area contributed by atoms with E-state index >= 15 is 0 Å². The number of nitrogens with zero attached hydrogens (tertiary/aromatic N) is 2. The monoisotopic (exact) mass is 458 g/mol. The fourth-order valence-electron chi connectivity index (χ4n) is 3.93. The van der Waals surface area contributed by atoms with Crippen LogP contribution in [0.25, 0.3) is 0 Å². The highest BCUT2D eigenvalue weighted by atomic mass is 32.2. The van der Waals surface area contributed by atoms with Crippen LogP contribution in [-0.2, 0) is 15.4 Å². The van der Waals surface area contributed by atoms with Gasteiger partial charge in [-0.1, -0.05) is 45.7 Å². The van der Waals surface area contributed by atoms with Crippen molar-refractivity contribution in [2.45, 2.75) is 56.8 Å². The molecule has 1 aliphatic heterocycles. The lowest BCUT2D eigenvalue weighted by molar-refractivity contribution is 0.0992. The molecular formula is C25H34N2O4S. The first-order valence-electron chi connectivity index (χ1n) is 11.1. The Morgan fingerprint density at radius 1 is 0.969 bits per heavy atom. The van der Waals surface area contributed by atoms with Crippen molar-refractivity contribution in [1.29, 1.82) is 0 Å². The van der Waals surface area contributed by atoms with Gasteiger partial charge in [-0.05, 0) is 54.2 Å². The minimum Gasteiger partial charge on any atom is -0.495 e. The van der Waals surface area contributed by atoms with Crippen LogP contribution in [0.3, 0.4) is 0 Å². The first-order chi connectivity index (χ1) is 15.1. The van der Waals surface area contributed by atoms with Crippen LogP contribution in [0.15, 0.2) is 47.4 Å². The molecule has 1 fully saturated rings. The fraction of sp³-hybridized carbons (Fsp3) is 0.480. The number of hydrogen-bond donors (Lipinski definition) is 0. The lowest BCUT2D eigenvalue weighted by Gasteiger charge is -2.23. The van der Waals surface area contributed by atoms with E-state index in [0.29, 0.717) is 18.7 Å². The zero-order chi connectivity index (χ0) is 23.5. The van der Waals surface area contributed by atoms with Crippen LogP contribution in [0, 0.1) is 0 Å². The summed E-state index contributed by atoms with van der Waals surface area (Å²) >= 11 is 0. The zero-order valence-corrected chi connectivity index (χ0v) is 20.5. The summed E-state index contributed by atoms with van der Waals surface area (Å²) in [6.07, 6.45) is 3.74. The lowest BCUT2D eigenvalue weighted by Crippen LogP contribution is -2.32. The van der Waals surface area contributed by atoms with Crippen molar-refractivity contribution < 1.29 is 17.9 Å². The molecule has 2 aromatic rings. The number of carbonyl (C=O) groups is 1. The molecule has 0 aliphatic carbocycles. The number of sulfonamides is 1. The third kappa shape index (κ3) is 5.15. The minimum absolute atomic E-state index is 0.0215. The average molecular weight is 459 g/mol. The molecule has 1 heterocycles. The Bertz CT molecular complexity index is 1050. The lowest BCUT2D eigenvalue weighted by atomic mass is 9.87. The number of rotatable bonds is 5.